The number of benzene rings is 1. The van der Waals surface area contributed by atoms with Gasteiger partial charge in [0, 0.05) is 6.20 Å². The highest BCUT2D eigenvalue weighted by atomic mass is 35.5. The number of aromatic nitrogens is 6. The van der Waals surface area contributed by atoms with E-state index in [1.807, 2.05) is 37.3 Å². The minimum Gasteiger partial charge on any atom is -0.413 e. The average Bonchev–Trinajstić information content (AvgIpc) is 3.23. The van der Waals surface area contributed by atoms with E-state index in [0.717, 1.165) is 11.4 Å². The number of pyridine rings is 1. The summed E-state index contributed by atoms with van der Waals surface area (Å²) < 4.78 is 7.32. The highest BCUT2D eigenvalue weighted by molar-refractivity contribution is 6.32. The molecule has 0 fully saturated rings. The van der Waals surface area contributed by atoms with Gasteiger partial charge in [0.1, 0.15) is 5.69 Å². The van der Waals surface area contributed by atoms with E-state index >= 15 is 0 Å². The molecule has 3 aromatic heterocycles. The fourth-order valence-electron chi connectivity index (χ4n) is 2.29. The summed E-state index contributed by atoms with van der Waals surface area (Å²) in [5, 5.41) is 16.9. The van der Waals surface area contributed by atoms with Crippen molar-refractivity contribution < 1.29 is 4.42 Å². The standard InChI is InChI=1S/C16H11ClN6O/c1-10-14(19-22-23(10)13-8-3-2-6-11(13)17)16-21-20-15(24-16)12-7-4-5-9-18-12/h2-9H,1H3. The Morgan fingerprint density at radius 3 is 2.54 bits per heavy atom. The van der Waals surface area contributed by atoms with Crippen molar-refractivity contribution in [2.24, 2.45) is 0 Å². The van der Waals surface area contributed by atoms with Gasteiger partial charge in [0.15, 0.2) is 5.69 Å². The molecular weight excluding hydrogens is 328 g/mol. The van der Waals surface area contributed by atoms with E-state index in [1.54, 1.807) is 23.0 Å². The summed E-state index contributed by atoms with van der Waals surface area (Å²) >= 11 is 6.22. The maximum absolute atomic E-state index is 6.22. The van der Waals surface area contributed by atoms with Crippen LogP contribution in [0, 0.1) is 6.92 Å². The summed E-state index contributed by atoms with van der Waals surface area (Å²) in [6.45, 7) is 1.86. The number of hydrogen-bond acceptors (Lipinski definition) is 6. The lowest BCUT2D eigenvalue weighted by Crippen LogP contribution is -1.99. The van der Waals surface area contributed by atoms with Crippen molar-refractivity contribution in [3.8, 4) is 28.9 Å². The lowest BCUT2D eigenvalue weighted by Gasteiger charge is -2.04. The van der Waals surface area contributed by atoms with E-state index in [2.05, 4.69) is 25.5 Å². The predicted octanol–water partition coefficient (Wildman–Crippen LogP) is 3.34. The second-order valence-electron chi connectivity index (χ2n) is 5.01. The second-order valence-corrected chi connectivity index (χ2v) is 5.42. The third-order valence-corrected chi connectivity index (χ3v) is 3.81. The molecule has 7 nitrogen and oxygen atoms in total. The molecule has 0 N–H and O–H groups in total. The van der Waals surface area contributed by atoms with Crippen LogP contribution in [0.15, 0.2) is 53.1 Å². The molecule has 0 aliphatic heterocycles. The Morgan fingerprint density at radius 2 is 1.75 bits per heavy atom. The van der Waals surface area contributed by atoms with E-state index in [9.17, 15) is 0 Å². The molecule has 118 valence electrons. The summed E-state index contributed by atoms with van der Waals surface area (Å²) in [5.41, 5.74) is 2.59. The molecule has 8 heteroatoms. The first kappa shape index (κ1) is 14.5. The predicted molar refractivity (Wildman–Crippen MR) is 87.6 cm³/mol. The summed E-state index contributed by atoms with van der Waals surface area (Å²) in [6, 6.07) is 12.9. The van der Waals surface area contributed by atoms with Gasteiger partial charge in [-0.05, 0) is 31.2 Å². The van der Waals surface area contributed by atoms with Gasteiger partial charge < -0.3 is 4.42 Å². The highest BCUT2D eigenvalue weighted by Gasteiger charge is 2.19. The minimum atomic E-state index is 0.284. The van der Waals surface area contributed by atoms with Crippen LogP contribution in [0.2, 0.25) is 5.02 Å². The SMILES string of the molecule is Cc1c(-c2nnc(-c3ccccn3)o2)nnn1-c1ccccc1Cl. The van der Waals surface area contributed by atoms with Crippen molar-refractivity contribution in [1.29, 1.82) is 0 Å². The first-order valence-corrected chi connectivity index (χ1v) is 7.54. The van der Waals surface area contributed by atoms with E-state index in [-0.39, 0.29) is 5.89 Å². The molecule has 24 heavy (non-hydrogen) atoms. The first-order chi connectivity index (χ1) is 11.7. The van der Waals surface area contributed by atoms with Crippen LogP contribution in [0.3, 0.4) is 0 Å². The molecule has 1 aromatic carbocycles. The molecule has 0 radical (unpaired) electrons. The molecule has 0 saturated carbocycles. The Labute approximate surface area is 141 Å². The molecular formula is C16H11ClN6O. The second kappa shape index (κ2) is 5.86. The third kappa shape index (κ3) is 2.44. The lowest BCUT2D eigenvalue weighted by atomic mass is 10.3. The van der Waals surface area contributed by atoms with Crippen molar-refractivity contribution in [2.75, 3.05) is 0 Å². The molecule has 0 unspecified atom stereocenters. The number of halogens is 1. The minimum absolute atomic E-state index is 0.284. The maximum atomic E-state index is 6.22. The Hall–Kier alpha value is -3.06. The van der Waals surface area contributed by atoms with Gasteiger partial charge in [-0.25, -0.2) is 4.68 Å². The van der Waals surface area contributed by atoms with Gasteiger partial charge in [-0.1, -0.05) is 35.0 Å². The van der Waals surface area contributed by atoms with Crippen molar-refractivity contribution in [3.63, 3.8) is 0 Å². The largest absolute Gasteiger partial charge is 0.413 e. The van der Waals surface area contributed by atoms with Gasteiger partial charge in [0.25, 0.3) is 11.8 Å². The van der Waals surface area contributed by atoms with Crippen LogP contribution in [0.25, 0.3) is 28.9 Å². The number of rotatable bonds is 3. The molecule has 0 aliphatic rings. The Morgan fingerprint density at radius 1 is 0.958 bits per heavy atom. The van der Waals surface area contributed by atoms with Gasteiger partial charge in [-0.2, -0.15) is 0 Å². The molecule has 0 spiro atoms. The van der Waals surface area contributed by atoms with E-state index in [0.29, 0.717) is 22.3 Å². The van der Waals surface area contributed by atoms with Crippen molar-refractivity contribution in [2.45, 2.75) is 6.92 Å². The van der Waals surface area contributed by atoms with Crippen LogP contribution in [0.1, 0.15) is 5.69 Å². The maximum Gasteiger partial charge on any atom is 0.270 e. The van der Waals surface area contributed by atoms with Crippen LogP contribution in [-0.2, 0) is 0 Å². The Balaban J connectivity index is 1.74. The number of hydrogen-bond donors (Lipinski definition) is 0. The van der Waals surface area contributed by atoms with E-state index in [1.165, 1.54) is 0 Å². The molecule has 0 saturated heterocycles. The molecule has 0 amide bonds. The monoisotopic (exact) mass is 338 g/mol. The van der Waals surface area contributed by atoms with Gasteiger partial charge in [0.2, 0.25) is 0 Å². The molecule has 0 bridgehead atoms. The zero-order chi connectivity index (χ0) is 16.5. The van der Waals surface area contributed by atoms with Gasteiger partial charge >= 0.3 is 0 Å². The summed E-state index contributed by atoms with van der Waals surface area (Å²) in [7, 11) is 0. The summed E-state index contributed by atoms with van der Waals surface area (Å²) in [6.07, 6.45) is 1.66. The molecule has 4 aromatic rings. The van der Waals surface area contributed by atoms with Crippen LogP contribution in [0.4, 0.5) is 0 Å². The van der Waals surface area contributed by atoms with Crippen LogP contribution in [0.5, 0.6) is 0 Å². The summed E-state index contributed by atoms with van der Waals surface area (Å²) in [5.74, 6) is 0.615. The topological polar surface area (TPSA) is 82.5 Å². The Kier molecular flexibility index (Phi) is 3.55. The number of nitrogens with zero attached hydrogens (tertiary/aromatic N) is 6. The molecule has 4 rings (SSSR count). The molecule has 0 atom stereocenters. The van der Waals surface area contributed by atoms with Crippen LogP contribution in [-0.4, -0.2) is 30.2 Å². The summed E-state index contributed by atoms with van der Waals surface area (Å²) in [4.78, 5) is 4.19. The lowest BCUT2D eigenvalue weighted by molar-refractivity contribution is 0.579. The van der Waals surface area contributed by atoms with Crippen LogP contribution < -0.4 is 0 Å². The molecule has 3 heterocycles. The highest BCUT2D eigenvalue weighted by Crippen LogP contribution is 2.26. The van der Waals surface area contributed by atoms with E-state index < -0.39 is 0 Å². The van der Waals surface area contributed by atoms with Crippen LogP contribution >= 0.6 is 11.6 Å². The number of para-hydroxylation sites is 1. The van der Waals surface area contributed by atoms with Gasteiger partial charge in [-0.15, -0.1) is 15.3 Å². The Bertz CT molecular complexity index is 995. The quantitative estimate of drug-likeness (QED) is 0.569. The van der Waals surface area contributed by atoms with E-state index in [4.69, 9.17) is 16.0 Å². The zero-order valence-electron chi connectivity index (χ0n) is 12.6. The van der Waals surface area contributed by atoms with Crippen molar-refractivity contribution in [3.05, 3.63) is 59.4 Å². The first-order valence-electron chi connectivity index (χ1n) is 7.16. The average molecular weight is 339 g/mol. The van der Waals surface area contributed by atoms with Gasteiger partial charge in [-0.3, -0.25) is 4.98 Å². The fourth-order valence-corrected chi connectivity index (χ4v) is 2.51. The van der Waals surface area contributed by atoms with Crippen molar-refractivity contribution >= 4 is 11.6 Å². The van der Waals surface area contributed by atoms with Gasteiger partial charge in [0.05, 0.1) is 16.4 Å². The van der Waals surface area contributed by atoms with Crippen molar-refractivity contribution in [1.82, 2.24) is 30.2 Å². The normalized spacial score (nSPS) is 10.9. The molecule has 0 aliphatic carbocycles. The zero-order valence-corrected chi connectivity index (χ0v) is 13.3. The smallest absolute Gasteiger partial charge is 0.270 e. The fraction of sp³-hybridized carbons (Fsp3) is 0.0625. The third-order valence-electron chi connectivity index (χ3n) is 3.49.